The van der Waals surface area contributed by atoms with Crippen LogP contribution in [0, 0.1) is 6.92 Å². The molecule has 3 rings (SSSR count). The van der Waals surface area contributed by atoms with Gasteiger partial charge in [-0.1, -0.05) is 60.7 Å². The number of carbonyl (C=O) groups is 2. The monoisotopic (exact) mass is 382 g/mol. The molecule has 140 valence electrons. The maximum atomic E-state index is 12.8. The molecule has 0 unspecified atom stereocenters. The summed E-state index contributed by atoms with van der Waals surface area (Å²) in [5.41, 5.74) is 2.95. The van der Waals surface area contributed by atoms with Crippen molar-refractivity contribution < 1.29 is 14.3 Å². The molecule has 1 amide bonds. The summed E-state index contributed by atoms with van der Waals surface area (Å²) < 4.78 is 6.16. The second kappa shape index (κ2) is 8.77. The summed E-state index contributed by atoms with van der Waals surface area (Å²) >= 11 is 1.47. The predicted molar refractivity (Wildman–Crippen MR) is 108 cm³/mol. The zero-order valence-electron chi connectivity index (χ0n) is 15.5. The molecule has 2 aromatic carbocycles. The number of anilines is 1. The Balaban J connectivity index is 1.87. The van der Waals surface area contributed by atoms with E-state index >= 15 is 0 Å². The first-order chi connectivity index (χ1) is 13.1. The quantitative estimate of drug-likeness (QED) is 0.565. The number of fused-ring (bicyclic) bond motifs is 1. The average Bonchev–Trinajstić information content (AvgIpc) is 3.10. The second-order valence-electron chi connectivity index (χ2n) is 6.29. The molecular formula is C21H22N2O3S. The molecule has 27 heavy (non-hydrogen) atoms. The lowest BCUT2D eigenvalue weighted by Gasteiger charge is -2.20. The maximum Gasteiger partial charge on any atom is 0.306 e. The molecule has 0 aliphatic heterocycles. The Hall–Kier alpha value is -2.73. The minimum atomic E-state index is -0.356. The smallest absolute Gasteiger partial charge is 0.306 e. The van der Waals surface area contributed by atoms with E-state index in [9.17, 15) is 9.59 Å². The fraction of sp³-hybridized carbons (Fsp3) is 0.286. The van der Waals surface area contributed by atoms with Crippen molar-refractivity contribution in [1.82, 2.24) is 4.98 Å². The number of aromatic nitrogens is 1. The van der Waals surface area contributed by atoms with Crippen molar-refractivity contribution in [2.75, 3.05) is 11.5 Å². The van der Waals surface area contributed by atoms with Crippen LogP contribution in [0.15, 0.2) is 48.5 Å². The highest BCUT2D eigenvalue weighted by molar-refractivity contribution is 7.22. The molecule has 0 bridgehead atoms. The molecule has 0 atom stereocenters. The Morgan fingerprint density at radius 2 is 1.89 bits per heavy atom. The van der Waals surface area contributed by atoms with Crippen LogP contribution in [0.3, 0.4) is 0 Å². The van der Waals surface area contributed by atoms with Gasteiger partial charge in [0.1, 0.15) is 0 Å². The van der Waals surface area contributed by atoms with Crippen molar-refractivity contribution in [3.63, 3.8) is 0 Å². The topological polar surface area (TPSA) is 59.5 Å². The summed E-state index contributed by atoms with van der Waals surface area (Å²) in [4.78, 5) is 30.8. The zero-order valence-corrected chi connectivity index (χ0v) is 16.3. The summed E-state index contributed by atoms with van der Waals surface area (Å²) in [7, 11) is 0. The molecule has 0 saturated carbocycles. The van der Waals surface area contributed by atoms with Crippen LogP contribution in [-0.4, -0.2) is 23.5 Å². The lowest BCUT2D eigenvalue weighted by molar-refractivity contribution is -0.147. The van der Waals surface area contributed by atoms with Crippen LogP contribution in [0.5, 0.6) is 0 Å². The van der Waals surface area contributed by atoms with Gasteiger partial charge in [-0.2, -0.15) is 0 Å². The number of rotatable bonds is 7. The van der Waals surface area contributed by atoms with Crippen LogP contribution >= 0.6 is 11.3 Å². The Labute approximate surface area is 162 Å². The molecule has 1 aromatic heterocycles. The van der Waals surface area contributed by atoms with E-state index < -0.39 is 0 Å². The fourth-order valence-electron chi connectivity index (χ4n) is 2.71. The molecule has 0 fully saturated rings. The largest absolute Gasteiger partial charge is 0.456 e. The Morgan fingerprint density at radius 3 is 2.59 bits per heavy atom. The number of ether oxygens (including phenoxy) is 1. The number of thiazole rings is 1. The minimum absolute atomic E-state index is 0.277. The van der Waals surface area contributed by atoms with Gasteiger partial charge < -0.3 is 4.74 Å². The van der Waals surface area contributed by atoms with E-state index in [-0.39, 0.29) is 18.5 Å². The van der Waals surface area contributed by atoms with Crippen molar-refractivity contribution in [2.24, 2.45) is 0 Å². The summed E-state index contributed by atoms with van der Waals surface area (Å²) in [5, 5.41) is 0.611. The first kappa shape index (κ1) is 19.0. The van der Waals surface area contributed by atoms with Gasteiger partial charge in [0.25, 0.3) is 5.91 Å². The van der Waals surface area contributed by atoms with Crippen LogP contribution in [0.25, 0.3) is 10.2 Å². The van der Waals surface area contributed by atoms with Crippen LogP contribution in [0.2, 0.25) is 0 Å². The number of aryl methyl sites for hydroxylation is 1. The minimum Gasteiger partial charge on any atom is -0.456 e. The molecule has 0 N–H and O–H groups in total. The third-order valence-electron chi connectivity index (χ3n) is 4.14. The molecule has 0 spiro atoms. The van der Waals surface area contributed by atoms with Gasteiger partial charge in [-0.15, -0.1) is 0 Å². The van der Waals surface area contributed by atoms with Gasteiger partial charge >= 0.3 is 5.97 Å². The number of hydrogen-bond donors (Lipinski definition) is 0. The van der Waals surface area contributed by atoms with E-state index in [1.165, 1.54) is 11.3 Å². The molecule has 1 heterocycles. The van der Waals surface area contributed by atoms with Gasteiger partial charge in [0.15, 0.2) is 11.7 Å². The highest BCUT2D eigenvalue weighted by Gasteiger charge is 2.22. The number of amides is 1. The van der Waals surface area contributed by atoms with Crippen molar-refractivity contribution in [2.45, 2.75) is 33.2 Å². The second-order valence-corrected chi connectivity index (χ2v) is 7.30. The molecule has 0 saturated heterocycles. The summed E-state index contributed by atoms with van der Waals surface area (Å²) in [6.45, 7) is 4.00. The Morgan fingerprint density at radius 1 is 1.11 bits per heavy atom. The van der Waals surface area contributed by atoms with E-state index in [0.29, 0.717) is 24.5 Å². The average molecular weight is 382 g/mol. The number of para-hydroxylation sites is 1. The maximum absolute atomic E-state index is 12.8. The van der Waals surface area contributed by atoms with E-state index in [1.807, 2.05) is 62.4 Å². The summed E-state index contributed by atoms with van der Waals surface area (Å²) in [5.74, 6) is -0.634. The van der Waals surface area contributed by atoms with Gasteiger partial charge in [-0.05, 0) is 30.5 Å². The van der Waals surface area contributed by atoms with Gasteiger partial charge in [-0.25, -0.2) is 4.98 Å². The lowest BCUT2D eigenvalue weighted by atomic mass is 10.2. The third kappa shape index (κ3) is 4.71. The first-order valence-electron chi connectivity index (χ1n) is 8.94. The van der Waals surface area contributed by atoms with Crippen molar-refractivity contribution >= 4 is 38.6 Å². The molecular weight excluding hydrogens is 360 g/mol. The van der Waals surface area contributed by atoms with Crippen LogP contribution in [-0.2, 0) is 20.9 Å². The van der Waals surface area contributed by atoms with Gasteiger partial charge in [-0.3, -0.25) is 14.5 Å². The number of esters is 1. The van der Waals surface area contributed by atoms with E-state index in [4.69, 9.17) is 4.74 Å². The summed E-state index contributed by atoms with van der Waals surface area (Å²) in [6.07, 6.45) is 1.00. The van der Waals surface area contributed by atoms with E-state index in [1.54, 1.807) is 4.90 Å². The van der Waals surface area contributed by atoms with Crippen LogP contribution in [0.4, 0.5) is 5.13 Å². The van der Waals surface area contributed by atoms with Crippen molar-refractivity contribution in [3.05, 3.63) is 59.7 Å². The molecule has 0 aliphatic carbocycles. The van der Waals surface area contributed by atoms with Gasteiger partial charge in [0.2, 0.25) is 0 Å². The standard InChI is InChI=1S/C21H22N2O3S/c1-3-8-19(25)26-14-18(24)23(13-16-10-5-4-6-11-16)21-22-20-15(2)9-7-12-17(20)27-21/h4-7,9-12H,3,8,13-14H2,1-2H3. The third-order valence-corrected chi connectivity index (χ3v) is 5.18. The first-order valence-corrected chi connectivity index (χ1v) is 9.76. The number of hydrogen-bond acceptors (Lipinski definition) is 5. The van der Waals surface area contributed by atoms with Gasteiger partial charge in [0.05, 0.1) is 16.8 Å². The highest BCUT2D eigenvalue weighted by atomic mass is 32.1. The molecule has 5 nitrogen and oxygen atoms in total. The lowest BCUT2D eigenvalue weighted by Crippen LogP contribution is -2.34. The molecule has 6 heteroatoms. The number of nitrogens with zero attached hydrogens (tertiary/aromatic N) is 2. The van der Waals surface area contributed by atoms with E-state index in [2.05, 4.69) is 4.98 Å². The molecule has 0 aliphatic rings. The fourth-order valence-corrected chi connectivity index (χ4v) is 3.77. The highest BCUT2D eigenvalue weighted by Crippen LogP contribution is 2.31. The SMILES string of the molecule is CCCC(=O)OCC(=O)N(Cc1ccccc1)c1nc2c(C)cccc2s1. The van der Waals surface area contributed by atoms with Gasteiger partial charge in [0, 0.05) is 6.42 Å². The molecule has 3 aromatic rings. The van der Waals surface area contributed by atoms with Crippen molar-refractivity contribution in [1.29, 1.82) is 0 Å². The normalized spacial score (nSPS) is 10.7. The Bertz CT molecular complexity index is 937. The van der Waals surface area contributed by atoms with Crippen LogP contribution < -0.4 is 4.90 Å². The van der Waals surface area contributed by atoms with Crippen molar-refractivity contribution in [3.8, 4) is 0 Å². The van der Waals surface area contributed by atoms with Crippen LogP contribution in [0.1, 0.15) is 30.9 Å². The summed E-state index contributed by atoms with van der Waals surface area (Å²) in [6, 6.07) is 15.7. The molecule has 0 radical (unpaired) electrons. The Kier molecular flexibility index (Phi) is 6.19. The van der Waals surface area contributed by atoms with E-state index in [0.717, 1.165) is 21.3 Å². The zero-order chi connectivity index (χ0) is 19.2. The number of benzene rings is 2. The predicted octanol–water partition coefficient (Wildman–Crippen LogP) is 4.48. The number of carbonyl (C=O) groups excluding carboxylic acids is 2.